The Morgan fingerprint density at radius 1 is 1.42 bits per heavy atom. The first-order valence-electron chi connectivity index (χ1n) is 3.27. The van der Waals surface area contributed by atoms with Crippen LogP contribution in [-0.4, -0.2) is 17.2 Å². The zero-order valence-corrected chi connectivity index (χ0v) is 6.92. The Morgan fingerprint density at radius 3 is 2.58 bits per heavy atom. The lowest BCUT2D eigenvalue weighted by Crippen LogP contribution is -2.30. The zero-order chi connectivity index (χ0) is 9.14. The fourth-order valence-electron chi connectivity index (χ4n) is 0.814. The molecule has 1 aromatic rings. The fraction of sp³-hybridized carbons (Fsp3) is 0. The summed E-state index contributed by atoms with van der Waals surface area (Å²) in [5, 5.41) is 18.0. The van der Waals surface area contributed by atoms with Gasteiger partial charge in [-0.2, -0.15) is 0 Å². The second-order valence-electron chi connectivity index (χ2n) is 2.26. The van der Waals surface area contributed by atoms with Gasteiger partial charge in [-0.15, -0.1) is 0 Å². The summed E-state index contributed by atoms with van der Waals surface area (Å²) in [5.41, 5.74) is 3.14. The van der Waals surface area contributed by atoms with E-state index < -0.39 is 7.12 Å². The molecule has 0 saturated carbocycles. The molecule has 0 aromatic heterocycles. The Labute approximate surface area is 75.1 Å². The molecule has 0 bridgehead atoms. The number of halogens is 1. The van der Waals surface area contributed by atoms with Crippen LogP contribution in [0.15, 0.2) is 18.2 Å². The van der Waals surface area contributed by atoms with E-state index in [1.54, 1.807) is 0 Å². The van der Waals surface area contributed by atoms with Gasteiger partial charge in [0.15, 0.2) is 0 Å². The topological polar surface area (TPSA) is 78.5 Å². The van der Waals surface area contributed by atoms with Crippen LogP contribution in [0.1, 0.15) is 0 Å². The van der Waals surface area contributed by atoms with E-state index in [1.165, 1.54) is 18.2 Å². The van der Waals surface area contributed by atoms with E-state index in [9.17, 15) is 0 Å². The van der Waals surface area contributed by atoms with E-state index in [2.05, 4.69) is 5.43 Å². The Hall–Kier alpha value is -0.745. The number of nitrogen functional groups attached to an aromatic ring is 1. The Balaban J connectivity index is 3.05. The maximum atomic E-state index is 8.78. The van der Waals surface area contributed by atoms with Crippen LogP contribution in [0.4, 0.5) is 5.69 Å². The molecule has 0 spiro atoms. The monoisotopic (exact) mass is 186 g/mol. The zero-order valence-electron chi connectivity index (χ0n) is 6.16. The summed E-state index contributed by atoms with van der Waals surface area (Å²) < 4.78 is 0. The third-order valence-electron chi connectivity index (χ3n) is 1.44. The highest BCUT2D eigenvalue weighted by Crippen LogP contribution is 2.17. The molecule has 5 N–H and O–H groups in total. The lowest BCUT2D eigenvalue weighted by Gasteiger charge is -2.05. The van der Waals surface area contributed by atoms with Crippen molar-refractivity contribution in [2.45, 2.75) is 0 Å². The minimum atomic E-state index is -1.51. The normalized spacial score (nSPS) is 9.67. The van der Waals surface area contributed by atoms with E-state index in [0.29, 0.717) is 16.2 Å². The number of nitrogens with one attached hydrogen (secondary N) is 1. The van der Waals surface area contributed by atoms with Gasteiger partial charge >= 0.3 is 7.12 Å². The number of anilines is 1. The van der Waals surface area contributed by atoms with Crippen molar-refractivity contribution in [3.05, 3.63) is 23.2 Å². The molecular weight excluding hydrogens is 178 g/mol. The lowest BCUT2D eigenvalue weighted by molar-refractivity contribution is 0.426. The summed E-state index contributed by atoms with van der Waals surface area (Å²) in [7, 11) is -1.51. The van der Waals surface area contributed by atoms with Crippen LogP contribution in [-0.2, 0) is 0 Å². The second-order valence-corrected chi connectivity index (χ2v) is 2.66. The van der Waals surface area contributed by atoms with E-state index in [-0.39, 0.29) is 0 Å². The summed E-state index contributed by atoms with van der Waals surface area (Å²) >= 11 is 5.70. The lowest BCUT2D eigenvalue weighted by atomic mass is 9.80. The number of hydrogen-bond donors (Lipinski definition) is 4. The molecule has 0 aliphatic carbocycles. The van der Waals surface area contributed by atoms with Gasteiger partial charge < -0.3 is 15.5 Å². The second kappa shape index (κ2) is 3.77. The molecule has 6 heteroatoms. The van der Waals surface area contributed by atoms with Gasteiger partial charge in [-0.25, -0.2) is 0 Å². The van der Waals surface area contributed by atoms with Crippen LogP contribution in [0.25, 0.3) is 0 Å². The summed E-state index contributed by atoms with van der Waals surface area (Å²) in [5.74, 6) is 5.12. The highest BCUT2D eigenvalue weighted by atomic mass is 35.5. The van der Waals surface area contributed by atoms with Crippen molar-refractivity contribution in [1.29, 1.82) is 0 Å². The third kappa shape index (κ3) is 1.89. The van der Waals surface area contributed by atoms with Gasteiger partial charge in [0, 0.05) is 0 Å². The number of benzene rings is 1. The fourth-order valence-corrected chi connectivity index (χ4v) is 0.986. The Kier molecular flexibility index (Phi) is 2.94. The molecule has 0 radical (unpaired) electrons. The molecule has 0 heterocycles. The molecule has 64 valence electrons. The van der Waals surface area contributed by atoms with Gasteiger partial charge in [-0.3, -0.25) is 5.84 Å². The van der Waals surface area contributed by atoms with Crippen molar-refractivity contribution in [1.82, 2.24) is 0 Å². The third-order valence-corrected chi connectivity index (χ3v) is 1.77. The molecule has 12 heavy (non-hydrogen) atoms. The summed E-state index contributed by atoms with van der Waals surface area (Å²) in [6.07, 6.45) is 0. The van der Waals surface area contributed by atoms with Crippen LogP contribution in [0.2, 0.25) is 5.02 Å². The maximum Gasteiger partial charge on any atom is 0.488 e. The molecule has 0 aliphatic heterocycles. The van der Waals surface area contributed by atoms with Crippen molar-refractivity contribution in [2.75, 3.05) is 5.43 Å². The minimum absolute atomic E-state index is 0.340. The predicted octanol–water partition coefficient (Wildman–Crippen LogP) is -0.695. The smallest absolute Gasteiger partial charge is 0.423 e. The first-order chi connectivity index (χ1) is 5.65. The average Bonchev–Trinajstić information content (AvgIpc) is 2.05. The number of hydrazine groups is 1. The predicted molar refractivity (Wildman–Crippen MR) is 49.1 cm³/mol. The summed E-state index contributed by atoms with van der Waals surface area (Å²) in [4.78, 5) is 0. The van der Waals surface area contributed by atoms with E-state index in [1.807, 2.05) is 0 Å². The number of nitrogens with two attached hydrogens (primary N) is 1. The van der Waals surface area contributed by atoms with E-state index in [0.717, 1.165) is 0 Å². The Bertz CT molecular complexity index is 282. The van der Waals surface area contributed by atoms with Crippen molar-refractivity contribution < 1.29 is 10.0 Å². The molecule has 0 amide bonds. The minimum Gasteiger partial charge on any atom is -0.423 e. The molecule has 0 fully saturated rings. The number of rotatable bonds is 2. The molecule has 1 rings (SSSR count). The molecule has 0 aliphatic rings. The van der Waals surface area contributed by atoms with Crippen molar-refractivity contribution >= 4 is 29.9 Å². The van der Waals surface area contributed by atoms with E-state index in [4.69, 9.17) is 27.5 Å². The molecule has 0 atom stereocenters. The quantitative estimate of drug-likeness (QED) is 0.280. The van der Waals surface area contributed by atoms with Crippen LogP contribution < -0.4 is 16.7 Å². The van der Waals surface area contributed by atoms with Gasteiger partial charge in [-0.1, -0.05) is 17.7 Å². The highest BCUT2D eigenvalue weighted by Gasteiger charge is 2.11. The SMILES string of the molecule is NNc1cc(B(O)O)ccc1Cl. The molecular formula is C6H8BClN2O2. The maximum absolute atomic E-state index is 8.78. The Morgan fingerprint density at radius 2 is 2.08 bits per heavy atom. The van der Waals surface area contributed by atoms with Gasteiger partial charge in [-0.05, 0) is 17.6 Å². The number of hydrogen-bond acceptors (Lipinski definition) is 4. The molecule has 0 saturated heterocycles. The van der Waals surface area contributed by atoms with Crippen molar-refractivity contribution in [2.24, 2.45) is 5.84 Å². The van der Waals surface area contributed by atoms with Gasteiger partial charge in [0.25, 0.3) is 0 Å². The van der Waals surface area contributed by atoms with Crippen LogP contribution in [0, 0.1) is 0 Å². The van der Waals surface area contributed by atoms with Crippen molar-refractivity contribution in [3.8, 4) is 0 Å². The van der Waals surface area contributed by atoms with Gasteiger partial charge in [0.1, 0.15) is 0 Å². The highest BCUT2D eigenvalue weighted by molar-refractivity contribution is 6.58. The molecule has 4 nitrogen and oxygen atoms in total. The molecule has 1 aromatic carbocycles. The van der Waals surface area contributed by atoms with Crippen molar-refractivity contribution in [3.63, 3.8) is 0 Å². The van der Waals surface area contributed by atoms with Gasteiger partial charge in [0.05, 0.1) is 10.7 Å². The van der Waals surface area contributed by atoms with Crippen LogP contribution in [0.3, 0.4) is 0 Å². The average molecular weight is 186 g/mol. The van der Waals surface area contributed by atoms with Crippen LogP contribution >= 0.6 is 11.6 Å². The first kappa shape index (κ1) is 9.34. The largest absolute Gasteiger partial charge is 0.488 e. The summed E-state index contributed by atoms with van der Waals surface area (Å²) in [6, 6.07) is 4.51. The van der Waals surface area contributed by atoms with Crippen LogP contribution in [0.5, 0.6) is 0 Å². The first-order valence-corrected chi connectivity index (χ1v) is 3.65. The molecule has 0 unspecified atom stereocenters. The van der Waals surface area contributed by atoms with E-state index >= 15 is 0 Å². The van der Waals surface area contributed by atoms with Gasteiger partial charge in [0.2, 0.25) is 0 Å². The standard InChI is InChI=1S/C6H8BClN2O2/c8-5-2-1-4(7(11)12)3-6(5)10-9/h1-3,10-12H,9H2. The summed E-state index contributed by atoms with van der Waals surface area (Å²) in [6.45, 7) is 0.